The fraction of sp³-hybridized carbons (Fsp3) is 0.514. The second-order valence-electron chi connectivity index (χ2n) is 13.7. The molecule has 248 valence electrons. The van der Waals surface area contributed by atoms with Gasteiger partial charge in [0.05, 0.1) is 49.0 Å². The van der Waals surface area contributed by atoms with Crippen LogP contribution in [0.4, 0.5) is 23.2 Å². The lowest BCUT2D eigenvalue weighted by atomic mass is 9.83. The molecule has 8 rings (SSSR count). The quantitative estimate of drug-likeness (QED) is 0.261. The molecule has 4 saturated carbocycles. The van der Waals surface area contributed by atoms with Crippen LogP contribution in [-0.2, 0) is 20.5 Å². The molecule has 3 unspecified atom stereocenters. The first kappa shape index (κ1) is 30.4. The van der Waals surface area contributed by atoms with Crippen molar-refractivity contribution < 1.29 is 41.5 Å². The zero-order chi connectivity index (χ0) is 32.6. The largest absolute Gasteiger partial charge is 0.496 e. The molecule has 8 nitrogen and oxygen atoms in total. The Morgan fingerprint density at radius 2 is 1.79 bits per heavy atom. The minimum atomic E-state index is -4.91. The van der Waals surface area contributed by atoms with Crippen molar-refractivity contribution in [3.8, 4) is 5.75 Å². The Balaban J connectivity index is 1.11. The molecule has 0 radical (unpaired) electrons. The first-order valence-corrected chi connectivity index (χ1v) is 16.3. The molecule has 0 aromatic heterocycles. The number of hydrogen-bond donors (Lipinski definition) is 2. The van der Waals surface area contributed by atoms with Crippen LogP contribution in [0.1, 0.15) is 71.5 Å². The summed E-state index contributed by atoms with van der Waals surface area (Å²) in [5.74, 6) is -2.15. The summed E-state index contributed by atoms with van der Waals surface area (Å²) in [4.78, 5) is 33.7. The van der Waals surface area contributed by atoms with Crippen LogP contribution < -0.4 is 15.4 Å². The summed E-state index contributed by atoms with van der Waals surface area (Å²) in [7, 11) is 1.52. The minimum absolute atomic E-state index is 0.0325. The topological polar surface area (TPSA) is 98.2 Å². The lowest BCUT2D eigenvalue weighted by Gasteiger charge is -2.30. The number of benzene rings is 2. The fourth-order valence-corrected chi connectivity index (χ4v) is 8.07. The molecule has 6 aliphatic rings. The Labute approximate surface area is 268 Å². The molecule has 2 amide bonds. The maximum atomic E-state index is 14.2. The summed E-state index contributed by atoms with van der Waals surface area (Å²) in [5, 5.41) is 10.2. The molecule has 2 bridgehead atoms. The van der Waals surface area contributed by atoms with Crippen molar-refractivity contribution in [3.05, 3.63) is 70.1 Å². The maximum Gasteiger partial charge on any atom is 0.419 e. The van der Waals surface area contributed by atoms with Gasteiger partial charge in [0.2, 0.25) is 5.91 Å². The number of ether oxygens (including phenoxy) is 2. The number of nitrogens with one attached hydrogen (secondary N) is 2. The monoisotopic (exact) mass is 653 g/mol. The van der Waals surface area contributed by atoms with Crippen molar-refractivity contribution >= 4 is 23.2 Å². The second kappa shape index (κ2) is 11.4. The normalized spacial score (nSPS) is 30.2. The predicted molar refractivity (Wildman–Crippen MR) is 162 cm³/mol. The van der Waals surface area contributed by atoms with E-state index in [1.54, 1.807) is 0 Å². The van der Waals surface area contributed by atoms with E-state index >= 15 is 0 Å². The van der Waals surface area contributed by atoms with E-state index in [1.807, 2.05) is 12.1 Å². The number of nitrogens with zero attached hydrogens (tertiary/aromatic N) is 1. The number of halogens is 4. The van der Waals surface area contributed by atoms with Crippen molar-refractivity contribution in [2.45, 2.75) is 62.8 Å². The van der Waals surface area contributed by atoms with E-state index in [-0.39, 0.29) is 29.5 Å². The molecule has 0 spiro atoms. The van der Waals surface area contributed by atoms with Crippen LogP contribution in [0.15, 0.2) is 47.1 Å². The summed E-state index contributed by atoms with van der Waals surface area (Å²) >= 11 is 0. The highest BCUT2D eigenvalue weighted by Gasteiger charge is 2.55. The number of methoxy groups -OCH3 is 1. The molecular weight excluding hydrogens is 618 g/mol. The van der Waals surface area contributed by atoms with Gasteiger partial charge in [-0.3, -0.25) is 9.59 Å². The zero-order valence-electron chi connectivity index (χ0n) is 25.7. The van der Waals surface area contributed by atoms with Gasteiger partial charge in [-0.05, 0) is 92.2 Å². The molecule has 4 aliphatic carbocycles. The van der Waals surface area contributed by atoms with Gasteiger partial charge < -0.3 is 24.9 Å². The number of alkyl halides is 3. The van der Waals surface area contributed by atoms with Gasteiger partial charge in [0.25, 0.3) is 5.91 Å². The zero-order valence-corrected chi connectivity index (χ0v) is 25.7. The van der Waals surface area contributed by atoms with Crippen molar-refractivity contribution in [1.29, 1.82) is 0 Å². The van der Waals surface area contributed by atoms with Crippen LogP contribution in [0.25, 0.3) is 0 Å². The lowest BCUT2D eigenvalue weighted by molar-refractivity contribution is -0.140. The molecule has 6 atom stereocenters. The summed E-state index contributed by atoms with van der Waals surface area (Å²) < 4.78 is 65.6. The van der Waals surface area contributed by atoms with E-state index < -0.39 is 41.3 Å². The molecule has 2 aromatic rings. The molecule has 2 aliphatic heterocycles. The van der Waals surface area contributed by atoms with Crippen LogP contribution in [0.3, 0.4) is 0 Å². The Kier molecular flexibility index (Phi) is 7.34. The molecule has 5 fully saturated rings. The number of oxime groups is 1. The van der Waals surface area contributed by atoms with Gasteiger partial charge in [-0.25, -0.2) is 4.39 Å². The summed E-state index contributed by atoms with van der Waals surface area (Å²) in [6.45, 7) is 0.942. The van der Waals surface area contributed by atoms with E-state index in [0.29, 0.717) is 48.5 Å². The highest BCUT2D eigenvalue weighted by Crippen LogP contribution is 2.55. The maximum absolute atomic E-state index is 14.2. The van der Waals surface area contributed by atoms with Crippen LogP contribution in [-0.4, -0.2) is 50.0 Å². The molecular formula is C35H35F4N3O5. The molecule has 2 heterocycles. The smallest absolute Gasteiger partial charge is 0.419 e. The highest BCUT2D eigenvalue weighted by atomic mass is 19.4. The third kappa shape index (κ3) is 5.48. The number of carbonyl (C=O) groups excluding carboxylic acids is 2. The van der Waals surface area contributed by atoms with Gasteiger partial charge >= 0.3 is 6.18 Å². The van der Waals surface area contributed by atoms with Crippen molar-refractivity contribution in [1.82, 2.24) is 5.32 Å². The van der Waals surface area contributed by atoms with Crippen molar-refractivity contribution in [2.24, 2.45) is 34.7 Å². The molecule has 1 saturated heterocycles. The van der Waals surface area contributed by atoms with Gasteiger partial charge in [0.15, 0.2) is 6.10 Å². The first-order valence-electron chi connectivity index (χ1n) is 16.3. The van der Waals surface area contributed by atoms with E-state index in [1.165, 1.54) is 7.11 Å². The number of anilines is 1. The number of hydrogen-bond acceptors (Lipinski definition) is 6. The number of allylic oxidation sites excluding steroid dienone is 1. The van der Waals surface area contributed by atoms with Gasteiger partial charge in [0, 0.05) is 23.2 Å². The number of amides is 2. The van der Waals surface area contributed by atoms with Gasteiger partial charge in [-0.15, -0.1) is 0 Å². The fourth-order valence-electron chi connectivity index (χ4n) is 8.07. The first-order chi connectivity index (χ1) is 22.6. The van der Waals surface area contributed by atoms with E-state index in [2.05, 4.69) is 21.9 Å². The molecule has 47 heavy (non-hydrogen) atoms. The Morgan fingerprint density at radius 1 is 1.00 bits per heavy atom. The van der Waals surface area contributed by atoms with Crippen molar-refractivity contribution in [3.63, 3.8) is 0 Å². The summed E-state index contributed by atoms with van der Waals surface area (Å²) in [6, 6.07) is 5.55. The molecule has 2 aromatic carbocycles. The molecule has 2 N–H and O–H groups in total. The van der Waals surface area contributed by atoms with E-state index in [9.17, 15) is 27.2 Å². The van der Waals surface area contributed by atoms with Crippen LogP contribution >= 0.6 is 0 Å². The van der Waals surface area contributed by atoms with Gasteiger partial charge in [-0.1, -0.05) is 16.8 Å². The molecule has 12 heteroatoms. The second-order valence-corrected chi connectivity index (χ2v) is 13.7. The third-order valence-electron chi connectivity index (χ3n) is 10.7. The Morgan fingerprint density at radius 3 is 2.51 bits per heavy atom. The summed E-state index contributed by atoms with van der Waals surface area (Å²) in [5.41, 5.74) is 2.49. The lowest BCUT2D eigenvalue weighted by Crippen LogP contribution is -2.48. The van der Waals surface area contributed by atoms with Crippen LogP contribution in [0.5, 0.6) is 5.75 Å². The van der Waals surface area contributed by atoms with Crippen LogP contribution in [0.2, 0.25) is 0 Å². The van der Waals surface area contributed by atoms with Gasteiger partial charge in [-0.2, -0.15) is 13.2 Å². The average molecular weight is 654 g/mol. The Hall–Kier alpha value is -3.93. The predicted octanol–water partition coefficient (Wildman–Crippen LogP) is 6.21. The Bertz CT molecular complexity index is 1700. The standard InChI is InChI=1S/C35H35F4N3O5/c1-45-28-13-21(17-4-5-17)23(31-25-14-46-15-29(25)47-42-31)12-24(28)33(43)41-32-20-8-7-19(22(20)10-16-2-3-16)30(32)34(44)40-18-6-9-27(36)26(11-18)35(37,38)39/h6,9-13,16-17,19-20,25,29-30,32H,2-5,7-8,14-15H2,1H3,(H,40,44)(H,41,43)/b22-10-/t19-,20+,25?,29?,30?,32+/m0/s1. The summed E-state index contributed by atoms with van der Waals surface area (Å²) in [6.07, 6.45) is 2.87. The number of carbonyl (C=O) groups is 2. The third-order valence-corrected chi connectivity index (χ3v) is 10.7. The van der Waals surface area contributed by atoms with E-state index in [4.69, 9.17) is 14.3 Å². The van der Waals surface area contributed by atoms with Crippen molar-refractivity contribution in [2.75, 3.05) is 25.6 Å². The number of rotatable bonds is 8. The SMILES string of the molecule is COc1cc(C2CC2)c(C2=NOC3COCC23)cc1C(=O)N[C@H]1C(C(=O)Nc2ccc(F)c(C(F)(F)F)c2)[C@H]2CC[C@@H]1/C2=C\C1CC1. The van der Waals surface area contributed by atoms with Gasteiger partial charge in [0.1, 0.15) is 11.6 Å². The minimum Gasteiger partial charge on any atom is -0.496 e. The average Bonchev–Trinajstić information content (AvgIpc) is 3.90. The number of fused-ring (bicyclic) bond motifs is 3. The highest BCUT2D eigenvalue weighted by molar-refractivity contribution is 6.08. The van der Waals surface area contributed by atoms with Crippen LogP contribution in [0, 0.1) is 35.4 Å². The van der Waals surface area contributed by atoms with E-state index in [0.717, 1.165) is 67.0 Å².